The van der Waals surface area contributed by atoms with Gasteiger partial charge in [-0.25, -0.2) is 4.39 Å². The summed E-state index contributed by atoms with van der Waals surface area (Å²) in [5, 5.41) is 10.4. The molecule has 2 heterocycles. The summed E-state index contributed by atoms with van der Waals surface area (Å²) in [6.45, 7) is 3.19. The number of H-pyrrole nitrogens is 1. The molecule has 6 heteroatoms. The number of piperidine rings is 1. The van der Waals surface area contributed by atoms with Crippen molar-refractivity contribution in [1.29, 1.82) is 0 Å². The van der Waals surface area contributed by atoms with Crippen molar-refractivity contribution in [3.8, 4) is 0 Å². The highest BCUT2D eigenvalue weighted by Gasteiger charge is 2.36. The number of aliphatic hydroxyl groups is 1. The fraction of sp³-hybridized carbons (Fsp3) is 0.474. The number of halogens is 1. The zero-order valence-electron chi connectivity index (χ0n) is 14.3. The summed E-state index contributed by atoms with van der Waals surface area (Å²) in [6, 6.07) is 5.29. The molecule has 25 heavy (non-hydrogen) atoms. The molecule has 1 aromatic heterocycles. The van der Waals surface area contributed by atoms with Crippen molar-refractivity contribution in [2.75, 3.05) is 19.7 Å². The first-order valence-electron chi connectivity index (χ1n) is 8.71. The normalized spacial score (nSPS) is 20.8. The number of nitrogens with one attached hydrogen (secondary N) is 1. The molecule has 1 aromatic carbocycles. The Morgan fingerprint density at radius 3 is 2.92 bits per heavy atom. The quantitative estimate of drug-likeness (QED) is 0.894. The third-order valence-electron chi connectivity index (χ3n) is 5.10. The van der Waals surface area contributed by atoms with Gasteiger partial charge in [0.05, 0.1) is 17.7 Å². The number of aliphatic hydroxyl groups excluding tert-OH is 1. The van der Waals surface area contributed by atoms with Crippen molar-refractivity contribution < 1.29 is 14.3 Å². The molecule has 2 aromatic rings. The molecule has 134 valence electrons. The summed E-state index contributed by atoms with van der Waals surface area (Å²) in [5.41, 5.74) is -0.106. The van der Waals surface area contributed by atoms with Gasteiger partial charge in [-0.2, -0.15) is 0 Å². The van der Waals surface area contributed by atoms with E-state index in [2.05, 4.69) is 11.9 Å². The largest absolute Gasteiger partial charge is 0.396 e. The van der Waals surface area contributed by atoms with Crippen LogP contribution in [0.3, 0.4) is 0 Å². The van der Waals surface area contributed by atoms with Crippen molar-refractivity contribution in [3.63, 3.8) is 0 Å². The number of fused-ring (bicyclic) bond motifs is 1. The summed E-state index contributed by atoms with van der Waals surface area (Å²) in [4.78, 5) is 29.2. The van der Waals surface area contributed by atoms with Crippen molar-refractivity contribution >= 4 is 16.8 Å². The van der Waals surface area contributed by atoms with E-state index < -0.39 is 11.4 Å². The lowest BCUT2D eigenvalue weighted by Crippen LogP contribution is -2.48. The van der Waals surface area contributed by atoms with Gasteiger partial charge in [0.2, 0.25) is 5.56 Å². The van der Waals surface area contributed by atoms with Crippen LogP contribution in [0.1, 0.15) is 43.0 Å². The maximum Gasteiger partial charge on any atom is 0.254 e. The molecule has 0 aliphatic carbocycles. The van der Waals surface area contributed by atoms with E-state index in [9.17, 15) is 19.1 Å². The molecule has 0 spiro atoms. The summed E-state index contributed by atoms with van der Waals surface area (Å²) >= 11 is 0. The van der Waals surface area contributed by atoms with Gasteiger partial charge in [-0.1, -0.05) is 13.3 Å². The minimum atomic E-state index is -0.465. The Bertz CT molecular complexity index is 844. The van der Waals surface area contributed by atoms with Crippen LogP contribution in [0.2, 0.25) is 0 Å². The van der Waals surface area contributed by atoms with E-state index in [4.69, 9.17) is 0 Å². The molecule has 1 saturated heterocycles. The van der Waals surface area contributed by atoms with Crippen LogP contribution in [-0.2, 0) is 0 Å². The molecule has 5 nitrogen and oxygen atoms in total. The molecule has 0 unspecified atom stereocenters. The van der Waals surface area contributed by atoms with Crippen LogP contribution in [0.4, 0.5) is 4.39 Å². The maximum atomic E-state index is 13.4. The monoisotopic (exact) mass is 346 g/mol. The second-order valence-electron chi connectivity index (χ2n) is 6.98. The fourth-order valence-electron chi connectivity index (χ4n) is 3.90. The number of carbonyl (C=O) groups excluding carboxylic acids is 1. The predicted octanol–water partition coefficient (Wildman–Crippen LogP) is 2.68. The molecule has 1 amide bonds. The lowest BCUT2D eigenvalue weighted by atomic mass is 9.77. The highest BCUT2D eigenvalue weighted by atomic mass is 19.1. The number of carbonyl (C=O) groups is 1. The molecular formula is C19H23FN2O3. The molecule has 3 rings (SSSR count). The fourth-order valence-corrected chi connectivity index (χ4v) is 3.90. The third kappa shape index (κ3) is 3.44. The summed E-state index contributed by atoms with van der Waals surface area (Å²) in [7, 11) is 0. The standard InChI is InChI=1S/C19H23FN2O3/c1-2-6-19(12-23)7-3-8-22(11-19)18(25)15-10-17(24)21-16-9-13(20)4-5-14(15)16/h4-5,9-10,23H,2-3,6-8,11-12H2,1H3,(H,21,24)/t19-/m1/s1. The first-order chi connectivity index (χ1) is 12.0. The highest BCUT2D eigenvalue weighted by Crippen LogP contribution is 2.35. The zero-order chi connectivity index (χ0) is 18.0. The smallest absolute Gasteiger partial charge is 0.254 e. The minimum Gasteiger partial charge on any atom is -0.396 e. The van der Waals surface area contributed by atoms with Gasteiger partial charge >= 0.3 is 0 Å². The van der Waals surface area contributed by atoms with Gasteiger partial charge in [0.15, 0.2) is 0 Å². The summed E-state index contributed by atoms with van der Waals surface area (Å²) < 4.78 is 13.4. The summed E-state index contributed by atoms with van der Waals surface area (Å²) in [5.74, 6) is -0.704. The van der Waals surface area contributed by atoms with E-state index in [1.165, 1.54) is 24.3 Å². The first kappa shape index (κ1) is 17.6. The Labute approximate surface area is 145 Å². The van der Waals surface area contributed by atoms with Crippen LogP contribution in [0, 0.1) is 11.2 Å². The van der Waals surface area contributed by atoms with Crippen molar-refractivity contribution in [2.45, 2.75) is 32.6 Å². The topological polar surface area (TPSA) is 73.4 Å². The molecule has 1 aliphatic rings. The van der Waals surface area contributed by atoms with Crippen LogP contribution in [0.15, 0.2) is 29.1 Å². The molecule has 1 atom stereocenters. The van der Waals surface area contributed by atoms with Crippen molar-refractivity contribution in [3.05, 3.63) is 46.0 Å². The van der Waals surface area contributed by atoms with Gasteiger partial charge < -0.3 is 15.0 Å². The van der Waals surface area contributed by atoms with Crippen molar-refractivity contribution in [1.82, 2.24) is 9.88 Å². The van der Waals surface area contributed by atoms with Gasteiger partial charge in [0.25, 0.3) is 5.91 Å². The van der Waals surface area contributed by atoms with Crippen LogP contribution in [-0.4, -0.2) is 40.6 Å². The van der Waals surface area contributed by atoms with Gasteiger partial charge in [-0.05, 0) is 37.5 Å². The molecule has 2 N–H and O–H groups in total. The van der Waals surface area contributed by atoms with E-state index in [0.717, 1.165) is 25.7 Å². The Morgan fingerprint density at radius 2 is 2.20 bits per heavy atom. The van der Waals surface area contributed by atoms with E-state index in [-0.39, 0.29) is 23.5 Å². The molecule has 1 fully saturated rings. The van der Waals surface area contributed by atoms with E-state index >= 15 is 0 Å². The molecule has 1 aliphatic heterocycles. The Kier molecular flexibility index (Phi) is 4.90. The Morgan fingerprint density at radius 1 is 1.40 bits per heavy atom. The first-order valence-corrected chi connectivity index (χ1v) is 8.71. The van der Waals surface area contributed by atoms with E-state index in [0.29, 0.717) is 24.0 Å². The highest BCUT2D eigenvalue weighted by molar-refractivity contribution is 6.06. The number of benzene rings is 1. The lowest BCUT2D eigenvalue weighted by Gasteiger charge is -2.42. The summed E-state index contributed by atoms with van der Waals surface area (Å²) in [6.07, 6.45) is 3.51. The zero-order valence-corrected chi connectivity index (χ0v) is 14.3. The van der Waals surface area contributed by atoms with E-state index in [1.54, 1.807) is 4.90 Å². The Balaban J connectivity index is 1.98. The van der Waals surface area contributed by atoms with Gasteiger partial charge in [0, 0.05) is 30.0 Å². The maximum absolute atomic E-state index is 13.4. The van der Waals surface area contributed by atoms with Crippen molar-refractivity contribution in [2.24, 2.45) is 5.41 Å². The number of aromatic nitrogens is 1. The number of hydrogen-bond acceptors (Lipinski definition) is 3. The predicted molar refractivity (Wildman–Crippen MR) is 94.1 cm³/mol. The molecule has 0 radical (unpaired) electrons. The minimum absolute atomic E-state index is 0.0476. The second-order valence-corrected chi connectivity index (χ2v) is 6.98. The van der Waals surface area contributed by atoms with Crippen LogP contribution in [0.5, 0.6) is 0 Å². The van der Waals surface area contributed by atoms with Gasteiger partial charge in [0.1, 0.15) is 5.82 Å². The number of amides is 1. The molecule has 0 bridgehead atoms. The van der Waals surface area contributed by atoms with Crippen LogP contribution in [0.25, 0.3) is 10.9 Å². The second kappa shape index (κ2) is 6.96. The van der Waals surface area contributed by atoms with Gasteiger partial charge in [-0.15, -0.1) is 0 Å². The average molecular weight is 346 g/mol. The molecular weight excluding hydrogens is 323 g/mol. The SMILES string of the molecule is CCC[C@@]1(CO)CCCN(C(=O)c2cc(=O)[nH]c3cc(F)ccc23)C1. The molecule has 0 saturated carbocycles. The van der Waals surface area contributed by atoms with Crippen LogP contribution >= 0.6 is 0 Å². The number of aromatic amines is 1. The number of likely N-dealkylation sites (tertiary alicyclic amines) is 1. The number of nitrogens with zero attached hydrogens (tertiary/aromatic N) is 1. The number of rotatable bonds is 4. The third-order valence-corrected chi connectivity index (χ3v) is 5.10. The van der Waals surface area contributed by atoms with Crippen LogP contribution < -0.4 is 5.56 Å². The lowest BCUT2D eigenvalue weighted by molar-refractivity contribution is 0.0223. The number of pyridine rings is 1. The van der Waals surface area contributed by atoms with Gasteiger partial charge in [-0.3, -0.25) is 9.59 Å². The average Bonchev–Trinajstić information content (AvgIpc) is 2.60. The number of hydrogen-bond donors (Lipinski definition) is 2. The van der Waals surface area contributed by atoms with E-state index in [1.807, 2.05) is 0 Å². The Hall–Kier alpha value is -2.21.